The maximum absolute atomic E-state index is 5.38. The van der Waals surface area contributed by atoms with Crippen molar-refractivity contribution in [3.8, 4) is 0 Å². The van der Waals surface area contributed by atoms with Gasteiger partial charge in [-0.15, -0.1) is 0 Å². The van der Waals surface area contributed by atoms with Crippen LogP contribution >= 0.6 is 0 Å². The second-order valence-corrected chi connectivity index (χ2v) is 5.49. The van der Waals surface area contributed by atoms with E-state index in [0.717, 1.165) is 19.3 Å². The zero-order valence-electron chi connectivity index (χ0n) is 9.51. The average Bonchev–Trinajstić information content (AvgIpc) is 2.48. The van der Waals surface area contributed by atoms with Crippen LogP contribution in [0.5, 0.6) is 0 Å². The van der Waals surface area contributed by atoms with Crippen LogP contribution in [0.1, 0.15) is 46.0 Å². The largest absolute Gasteiger partial charge is 0.381 e. The maximum Gasteiger partial charge on any atom is 0.0480 e. The van der Waals surface area contributed by atoms with Gasteiger partial charge in [0.15, 0.2) is 0 Å². The molecule has 1 saturated heterocycles. The van der Waals surface area contributed by atoms with Crippen LogP contribution in [0.2, 0.25) is 0 Å². The van der Waals surface area contributed by atoms with Gasteiger partial charge < -0.3 is 10.1 Å². The number of ether oxygens (including phenoxy) is 1. The molecular formula is C12H23NO. The standard InChI is InChI=1S/C12H23NO/c1-12(2)7-3-4-11(12)13-10-5-8-14-9-6-10/h10-11,13H,3-9H2,1-2H3. The molecular weight excluding hydrogens is 174 g/mol. The molecule has 1 heterocycles. The van der Waals surface area contributed by atoms with Crippen LogP contribution in [0.4, 0.5) is 0 Å². The Hall–Kier alpha value is -0.0800. The highest BCUT2D eigenvalue weighted by Gasteiger charge is 2.35. The third-order valence-electron chi connectivity index (χ3n) is 3.92. The summed E-state index contributed by atoms with van der Waals surface area (Å²) >= 11 is 0. The fraction of sp³-hybridized carbons (Fsp3) is 1.00. The molecule has 1 aliphatic heterocycles. The summed E-state index contributed by atoms with van der Waals surface area (Å²) in [6.07, 6.45) is 6.55. The summed E-state index contributed by atoms with van der Waals surface area (Å²) in [4.78, 5) is 0. The highest BCUT2D eigenvalue weighted by Crippen LogP contribution is 2.37. The van der Waals surface area contributed by atoms with Crippen LogP contribution in [-0.4, -0.2) is 25.3 Å². The zero-order chi connectivity index (χ0) is 10.0. The van der Waals surface area contributed by atoms with Crippen molar-refractivity contribution in [2.45, 2.75) is 58.0 Å². The summed E-state index contributed by atoms with van der Waals surface area (Å²) in [6, 6.07) is 1.46. The molecule has 1 atom stereocenters. The predicted molar refractivity (Wildman–Crippen MR) is 58.4 cm³/mol. The molecule has 2 aliphatic rings. The lowest BCUT2D eigenvalue weighted by Crippen LogP contribution is -2.46. The molecule has 1 N–H and O–H groups in total. The van der Waals surface area contributed by atoms with Gasteiger partial charge in [0, 0.05) is 25.3 Å². The molecule has 0 radical (unpaired) electrons. The molecule has 0 aromatic rings. The van der Waals surface area contributed by atoms with Crippen LogP contribution in [0.15, 0.2) is 0 Å². The molecule has 2 rings (SSSR count). The smallest absolute Gasteiger partial charge is 0.0480 e. The number of hydrogen-bond donors (Lipinski definition) is 1. The fourth-order valence-corrected chi connectivity index (χ4v) is 2.78. The molecule has 0 spiro atoms. The molecule has 0 aromatic heterocycles. The number of nitrogens with one attached hydrogen (secondary N) is 1. The molecule has 1 unspecified atom stereocenters. The van der Waals surface area contributed by atoms with Gasteiger partial charge in [-0.25, -0.2) is 0 Å². The normalized spacial score (nSPS) is 33.4. The highest BCUT2D eigenvalue weighted by atomic mass is 16.5. The van der Waals surface area contributed by atoms with Crippen molar-refractivity contribution in [3.63, 3.8) is 0 Å². The van der Waals surface area contributed by atoms with Crippen LogP contribution in [0, 0.1) is 5.41 Å². The minimum absolute atomic E-state index is 0.512. The summed E-state index contributed by atoms with van der Waals surface area (Å²) in [7, 11) is 0. The van der Waals surface area contributed by atoms with Gasteiger partial charge in [-0.1, -0.05) is 20.3 Å². The average molecular weight is 197 g/mol. The summed E-state index contributed by atoms with van der Waals surface area (Å²) in [5, 5.41) is 3.83. The van der Waals surface area contributed by atoms with Crippen LogP contribution < -0.4 is 5.32 Å². The Morgan fingerprint density at radius 3 is 2.43 bits per heavy atom. The molecule has 2 fully saturated rings. The van der Waals surface area contributed by atoms with E-state index >= 15 is 0 Å². The topological polar surface area (TPSA) is 21.3 Å². The molecule has 14 heavy (non-hydrogen) atoms. The first kappa shape index (κ1) is 10.4. The molecule has 0 aromatic carbocycles. The van der Waals surface area contributed by atoms with Crippen molar-refractivity contribution in [1.29, 1.82) is 0 Å². The molecule has 2 nitrogen and oxygen atoms in total. The van der Waals surface area contributed by atoms with E-state index in [4.69, 9.17) is 4.74 Å². The second-order valence-electron chi connectivity index (χ2n) is 5.49. The summed E-state index contributed by atoms with van der Waals surface area (Å²) in [6.45, 7) is 6.70. The summed E-state index contributed by atoms with van der Waals surface area (Å²) in [5.74, 6) is 0. The number of hydrogen-bond acceptors (Lipinski definition) is 2. The first-order valence-corrected chi connectivity index (χ1v) is 6.02. The van der Waals surface area contributed by atoms with Crippen LogP contribution in [0.25, 0.3) is 0 Å². The third kappa shape index (κ3) is 2.29. The summed E-state index contributed by atoms with van der Waals surface area (Å²) in [5.41, 5.74) is 0.512. The van der Waals surface area contributed by atoms with Gasteiger partial charge in [-0.3, -0.25) is 0 Å². The number of rotatable bonds is 2. The van der Waals surface area contributed by atoms with E-state index in [2.05, 4.69) is 19.2 Å². The lowest BCUT2D eigenvalue weighted by atomic mass is 9.86. The monoisotopic (exact) mass is 197 g/mol. The molecule has 1 saturated carbocycles. The Bertz CT molecular complexity index is 185. The molecule has 0 bridgehead atoms. The van der Waals surface area contributed by atoms with E-state index in [1.165, 1.54) is 32.1 Å². The summed E-state index contributed by atoms with van der Waals surface area (Å²) < 4.78 is 5.38. The highest BCUT2D eigenvalue weighted by molar-refractivity contribution is 4.92. The third-order valence-corrected chi connectivity index (χ3v) is 3.92. The van der Waals surface area contributed by atoms with E-state index in [9.17, 15) is 0 Å². The van der Waals surface area contributed by atoms with Crippen molar-refractivity contribution < 1.29 is 4.74 Å². The minimum Gasteiger partial charge on any atom is -0.381 e. The van der Waals surface area contributed by atoms with Crippen molar-refractivity contribution in [2.24, 2.45) is 5.41 Å². The first-order valence-electron chi connectivity index (χ1n) is 6.02. The maximum atomic E-state index is 5.38. The first-order chi connectivity index (χ1) is 6.68. The van der Waals surface area contributed by atoms with Crippen molar-refractivity contribution in [3.05, 3.63) is 0 Å². The fourth-order valence-electron chi connectivity index (χ4n) is 2.78. The quantitative estimate of drug-likeness (QED) is 0.733. The van der Waals surface area contributed by atoms with Gasteiger partial charge in [0.2, 0.25) is 0 Å². The predicted octanol–water partition coefficient (Wildman–Crippen LogP) is 2.33. The Kier molecular flexibility index (Phi) is 3.13. The van der Waals surface area contributed by atoms with Gasteiger partial charge in [0.1, 0.15) is 0 Å². The van der Waals surface area contributed by atoms with Crippen LogP contribution in [-0.2, 0) is 4.74 Å². The molecule has 0 amide bonds. The van der Waals surface area contributed by atoms with E-state index < -0.39 is 0 Å². The van der Waals surface area contributed by atoms with Gasteiger partial charge in [0.05, 0.1) is 0 Å². The zero-order valence-corrected chi connectivity index (χ0v) is 9.51. The molecule has 2 heteroatoms. The van der Waals surface area contributed by atoms with Crippen molar-refractivity contribution >= 4 is 0 Å². The van der Waals surface area contributed by atoms with Gasteiger partial charge >= 0.3 is 0 Å². The Morgan fingerprint density at radius 1 is 1.14 bits per heavy atom. The second kappa shape index (κ2) is 4.19. The Morgan fingerprint density at radius 2 is 1.86 bits per heavy atom. The van der Waals surface area contributed by atoms with E-state index in [1.54, 1.807) is 0 Å². The van der Waals surface area contributed by atoms with E-state index in [0.29, 0.717) is 11.5 Å². The minimum atomic E-state index is 0.512. The van der Waals surface area contributed by atoms with Gasteiger partial charge in [0.25, 0.3) is 0 Å². The van der Waals surface area contributed by atoms with Gasteiger partial charge in [-0.05, 0) is 31.1 Å². The van der Waals surface area contributed by atoms with Gasteiger partial charge in [-0.2, -0.15) is 0 Å². The molecule has 1 aliphatic carbocycles. The van der Waals surface area contributed by atoms with Crippen molar-refractivity contribution in [2.75, 3.05) is 13.2 Å². The lowest BCUT2D eigenvalue weighted by molar-refractivity contribution is 0.0701. The Balaban J connectivity index is 1.83. The van der Waals surface area contributed by atoms with Crippen molar-refractivity contribution in [1.82, 2.24) is 5.32 Å². The SMILES string of the molecule is CC1(C)CCCC1NC1CCOCC1. The van der Waals surface area contributed by atoms with E-state index in [-0.39, 0.29) is 0 Å². The van der Waals surface area contributed by atoms with E-state index in [1.807, 2.05) is 0 Å². The molecule has 82 valence electrons. The Labute approximate surface area is 87.4 Å². The van der Waals surface area contributed by atoms with Crippen LogP contribution in [0.3, 0.4) is 0 Å². The lowest BCUT2D eigenvalue weighted by Gasteiger charge is -2.33.